The summed E-state index contributed by atoms with van der Waals surface area (Å²) in [6.07, 6.45) is 4.98. The number of anilines is 1. The summed E-state index contributed by atoms with van der Waals surface area (Å²) in [6.45, 7) is 5.45. The fraction of sp³-hybridized carbons (Fsp3) is 0.259. The van der Waals surface area contributed by atoms with Crippen LogP contribution in [0.5, 0.6) is 0 Å². The summed E-state index contributed by atoms with van der Waals surface area (Å²) >= 11 is 0. The smallest absolute Gasteiger partial charge is 0.312 e. The number of nitrogens with zero attached hydrogens (tertiary/aromatic N) is 6. The monoisotopic (exact) mass is 466 g/mol. The zero-order chi connectivity index (χ0) is 24.1. The molecule has 8 nitrogen and oxygen atoms in total. The van der Waals surface area contributed by atoms with Crippen molar-refractivity contribution in [2.24, 2.45) is 0 Å². The molecule has 0 aliphatic carbocycles. The molecular formula is C27H26N6O2. The highest BCUT2D eigenvalue weighted by atomic mass is 16.2. The number of hydrogen-bond donors (Lipinski definition) is 0. The number of aromatic nitrogens is 5. The highest BCUT2D eigenvalue weighted by Gasteiger charge is 2.21. The van der Waals surface area contributed by atoms with Crippen molar-refractivity contribution in [3.8, 4) is 11.3 Å². The molecule has 176 valence electrons. The Bertz CT molecular complexity index is 1610. The van der Waals surface area contributed by atoms with E-state index >= 15 is 0 Å². The topological polar surface area (TPSA) is 76.9 Å². The maximum Gasteiger partial charge on any atom is 0.350 e. The van der Waals surface area contributed by atoms with E-state index in [0.29, 0.717) is 24.5 Å². The van der Waals surface area contributed by atoms with E-state index in [-0.39, 0.29) is 11.6 Å². The van der Waals surface area contributed by atoms with Gasteiger partial charge in [0.25, 0.3) is 0 Å². The molecule has 1 saturated heterocycles. The molecular weight excluding hydrogens is 440 g/mol. The van der Waals surface area contributed by atoms with Gasteiger partial charge >= 0.3 is 5.69 Å². The van der Waals surface area contributed by atoms with E-state index in [1.54, 1.807) is 21.3 Å². The molecule has 1 amide bonds. The summed E-state index contributed by atoms with van der Waals surface area (Å²) in [5, 5.41) is 9.34. The predicted molar refractivity (Wildman–Crippen MR) is 135 cm³/mol. The van der Waals surface area contributed by atoms with Gasteiger partial charge in [-0.05, 0) is 41.7 Å². The van der Waals surface area contributed by atoms with Crippen molar-refractivity contribution < 1.29 is 4.79 Å². The number of rotatable bonds is 5. The van der Waals surface area contributed by atoms with Crippen LogP contribution in [0.15, 0.2) is 71.8 Å². The molecule has 6 rings (SSSR count). The first-order valence-electron chi connectivity index (χ1n) is 11.9. The molecule has 3 aromatic heterocycles. The van der Waals surface area contributed by atoms with E-state index in [4.69, 9.17) is 5.10 Å². The van der Waals surface area contributed by atoms with Gasteiger partial charge in [0.2, 0.25) is 5.91 Å². The second kappa shape index (κ2) is 8.23. The third-order valence-corrected chi connectivity index (χ3v) is 6.72. The summed E-state index contributed by atoms with van der Waals surface area (Å²) in [6, 6.07) is 18.2. The minimum Gasteiger partial charge on any atom is -0.312 e. The van der Waals surface area contributed by atoms with Crippen LogP contribution in [-0.2, 0) is 11.3 Å². The number of fused-ring (bicyclic) bond motifs is 3. The zero-order valence-electron chi connectivity index (χ0n) is 19.8. The summed E-state index contributed by atoms with van der Waals surface area (Å²) < 4.78 is 4.79. The first-order chi connectivity index (χ1) is 17.0. The highest BCUT2D eigenvalue weighted by Crippen LogP contribution is 2.24. The lowest BCUT2D eigenvalue weighted by Gasteiger charge is -2.15. The lowest BCUT2D eigenvalue weighted by atomic mass is 10.0. The van der Waals surface area contributed by atoms with Gasteiger partial charge in [-0.1, -0.05) is 50.2 Å². The van der Waals surface area contributed by atoms with Crippen LogP contribution in [0, 0.1) is 0 Å². The lowest BCUT2D eigenvalue weighted by molar-refractivity contribution is -0.117. The Kier molecular flexibility index (Phi) is 5.02. The molecule has 2 aromatic carbocycles. The maximum atomic E-state index is 13.1. The SMILES string of the molecule is CC(C)c1ccc(-c2cc3c4nn(Cc5ccc(N6CCCC6=O)cc5)c(=O)n4ccn3n2)cc1. The van der Waals surface area contributed by atoms with Crippen LogP contribution < -0.4 is 10.6 Å². The quantitative estimate of drug-likeness (QED) is 0.391. The molecule has 35 heavy (non-hydrogen) atoms. The summed E-state index contributed by atoms with van der Waals surface area (Å²) in [4.78, 5) is 26.9. The van der Waals surface area contributed by atoms with Crippen molar-refractivity contribution >= 4 is 22.8 Å². The van der Waals surface area contributed by atoms with Gasteiger partial charge in [0.1, 0.15) is 5.52 Å². The molecule has 0 N–H and O–H groups in total. The summed E-state index contributed by atoms with van der Waals surface area (Å²) in [7, 11) is 0. The Morgan fingerprint density at radius 3 is 2.40 bits per heavy atom. The zero-order valence-corrected chi connectivity index (χ0v) is 19.8. The lowest BCUT2D eigenvalue weighted by Crippen LogP contribution is -2.24. The van der Waals surface area contributed by atoms with Crippen LogP contribution in [0.25, 0.3) is 22.4 Å². The van der Waals surface area contributed by atoms with Gasteiger partial charge in [0.15, 0.2) is 5.65 Å². The summed E-state index contributed by atoms with van der Waals surface area (Å²) in [5.41, 5.74) is 6.12. The Morgan fingerprint density at radius 1 is 0.943 bits per heavy atom. The standard InChI is InChI=1S/C27H26N6O2/c1-18(2)20-7-9-21(10-8-20)23-16-24-26-29-33(27(35)31(26)14-15-32(24)28-23)17-19-5-11-22(12-6-19)30-13-3-4-25(30)34/h5-12,14-16,18H,3-4,13,17H2,1-2H3. The third kappa shape index (κ3) is 3.71. The van der Waals surface area contributed by atoms with E-state index in [9.17, 15) is 9.59 Å². The van der Waals surface area contributed by atoms with Crippen LogP contribution in [-0.4, -0.2) is 36.2 Å². The third-order valence-electron chi connectivity index (χ3n) is 6.72. The average Bonchev–Trinajstić information content (AvgIpc) is 3.57. The van der Waals surface area contributed by atoms with Gasteiger partial charge in [-0.2, -0.15) is 5.10 Å². The van der Waals surface area contributed by atoms with Gasteiger partial charge in [0.05, 0.1) is 12.2 Å². The van der Waals surface area contributed by atoms with Gasteiger partial charge < -0.3 is 4.90 Å². The van der Waals surface area contributed by atoms with Gasteiger partial charge in [-0.15, -0.1) is 5.10 Å². The highest BCUT2D eigenvalue weighted by molar-refractivity contribution is 5.95. The molecule has 4 heterocycles. The molecule has 5 aromatic rings. The van der Waals surface area contributed by atoms with Gasteiger partial charge in [-0.25, -0.2) is 18.4 Å². The first kappa shape index (κ1) is 21.3. The van der Waals surface area contributed by atoms with E-state index in [1.807, 2.05) is 35.2 Å². The Hall–Kier alpha value is -4.20. The average molecular weight is 467 g/mol. The summed E-state index contributed by atoms with van der Waals surface area (Å²) in [5.74, 6) is 0.633. The first-order valence-corrected chi connectivity index (χ1v) is 11.9. The van der Waals surface area contributed by atoms with E-state index in [0.717, 1.165) is 41.0 Å². The van der Waals surface area contributed by atoms with Gasteiger partial charge in [0, 0.05) is 36.6 Å². The van der Waals surface area contributed by atoms with Crippen LogP contribution in [0.2, 0.25) is 0 Å². The molecule has 0 atom stereocenters. The predicted octanol–water partition coefficient (Wildman–Crippen LogP) is 4.11. The van der Waals surface area contributed by atoms with Crippen molar-refractivity contribution in [1.82, 2.24) is 23.8 Å². The van der Waals surface area contributed by atoms with E-state index < -0.39 is 0 Å². The fourth-order valence-corrected chi connectivity index (χ4v) is 4.69. The number of amides is 1. The number of carbonyl (C=O) groups excluding carboxylic acids is 1. The number of carbonyl (C=O) groups is 1. The maximum absolute atomic E-state index is 13.1. The largest absolute Gasteiger partial charge is 0.350 e. The molecule has 0 saturated carbocycles. The molecule has 0 unspecified atom stereocenters. The molecule has 0 spiro atoms. The van der Waals surface area contributed by atoms with Crippen LogP contribution in [0.1, 0.15) is 43.7 Å². The van der Waals surface area contributed by atoms with Gasteiger partial charge in [-0.3, -0.25) is 4.79 Å². The minimum atomic E-state index is -0.203. The second-order valence-electron chi connectivity index (χ2n) is 9.38. The number of benzene rings is 2. The van der Waals surface area contributed by atoms with E-state index in [2.05, 4.69) is 43.2 Å². The van der Waals surface area contributed by atoms with Crippen LogP contribution in [0.4, 0.5) is 5.69 Å². The van der Waals surface area contributed by atoms with E-state index in [1.165, 1.54) is 10.2 Å². The molecule has 1 aliphatic heterocycles. The van der Waals surface area contributed by atoms with Crippen molar-refractivity contribution in [1.29, 1.82) is 0 Å². The minimum absolute atomic E-state index is 0.161. The molecule has 1 fully saturated rings. The molecule has 0 radical (unpaired) electrons. The molecule has 1 aliphatic rings. The molecule has 0 bridgehead atoms. The van der Waals surface area contributed by atoms with Crippen LogP contribution >= 0.6 is 0 Å². The Balaban J connectivity index is 1.32. The van der Waals surface area contributed by atoms with Crippen LogP contribution in [0.3, 0.4) is 0 Å². The Morgan fingerprint density at radius 2 is 1.71 bits per heavy atom. The van der Waals surface area contributed by atoms with Crippen molar-refractivity contribution in [2.75, 3.05) is 11.4 Å². The Labute approximate surface area is 202 Å². The normalized spacial score (nSPS) is 14.1. The fourth-order valence-electron chi connectivity index (χ4n) is 4.69. The van der Waals surface area contributed by atoms with Crippen molar-refractivity contribution in [3.63, 3.8) is 0 Å². The van der Waals surface area contributed by atoms with Crippen molar-refractivity contribution in [3.05, 3.63) is 88.6 Å². The van der Waals surface area contributed by atoms with Crippen molar-refractivity contribution in [2.45, 2.75) is 39.2 Å². The number of hydrogen-bond acceptors (Lipinski definition) is 4. The molecule has 8 heteroatoms. The second-order valence-corrected chi connectivity index (χ2v) is 9.38.